The summed E-state index contributed by atoms with van der Waals surface area (Å²) in [6.45, 7) is 11.1. The molecule has 0 aliphatic carbocycles. The fourth-order valence-electron chi connectivity index (χ4n) is 1.63. The third-order valence-electron chi connectivity index (χ3n) is 2.73. The minimum absolute atomic E-state index is 0.207. The standard InChI is InChI=1S/C14H26O2/c1-6-8-9-12(14(3,4)5)10-11-13(15)16-7-2/h10-12H,6-9H2,1-5H3/b11-10+. The fourth-order valence-corrected chi connectivity index (χ4v) is 1.63. The third kappa shape index (κ3) is 6.65. The first-order chi connectivity index (χ1) is 7.41. The topological polar surface area (TPSA) is 26.3 Å². The fraction of sp³-hybridized carbons (Fsp3) is 0.786. The van der Waals surface area contributed by atoms with Crippen molar-refractivity contribution in [1.29, 1.82) is 0 Å². The molecule has 2 heteroatoms. The Morgan fingerprint density at radius 2 is 1.94 bits per heavy atom. The van der Waals surface area contributed by atoms with Crippen molar-refractivity contribution in [2.24, 2.45) is 11.3 Å². The molecule has 0 radical (unpaired) electrons. The second kappa shape index (κ2) is 7.48. The Kier molecular flexibility index (Phi) is 7.11. The Labute approximate surface area is 100 Å². The molecular weight excluding hydrogens is 200 g/mol. The van der Waals surface area contributed by atoms with Crippen LogP contribution in [-0.4, -0.2) is 12.6 Å². The summed E-state index contributed by atoms with van der Waals surface area (Å²) in [4.78, 5) is 11.2. The molecule has 0 spiro atoms. The average Bonchev–Trinajstić information content (AvgIpc) is 2.16. The summed E-state index contributed by atoms with van der Waals surface area (Å²) < 4.78 is 4.88. The lowest BCUT2D eigenvalue weighted by Gasteiger charge is -2.28. The number of allylic oxidation sites excluding steroid dienone is 1. The molecule has 0 bridgehead atoms. The molecule has 0 rings (SSSR count). The summed E-state index contributed by atoms with van der Waals surface area (Å²) in [6.07, 6.45) is 7.12. The quantitative estimate of drug-likeness (QED) is 0.506. The number of carbonyl (C=O) groups excluding carboxylic acids is 1. The Balaban J connectivity index is 4.36. The first kappa shape index (κ1) is 15.2. The van der Waals surface area contributed by atoms with E-state index >= 15 is 0 Å². The maximum atomic E-state index is 11.2. The number of hydrogen-bond donors (Lipinski definition) is 0. The van der Waals surface area contributed by atoms with Gasteiger partial charge >= 0.3 is 5.97 Å². The first-order valence-electron chi connectivity index (χ1n) is 6.26. The molecule has 2 nitrogen and oxygen atoms in total. The number of hydrogen-bond acceptors (Lipinski definition) is 2. The maximum absolute atomic E-state index is 11.2. The van der Waals surface area contributed by atoms with Crippen molar-refractivity contribution in [3.63, 3.8) is 0 Å². The predicted molar refractivity (Wildman–Crippen MR) is 68.2 cm³/mol. The maximum Gasteiger partial charge on any atom is 0.330 e. The van der Waals surface area contributed by atoms with Gasteiger partial charge in [0.05, 0.1) is 6.61 Å². The molecular formula is C14H26O2. The number of esters is 1. The van der Waals surface area contributed by atoms with Gasteiger partial charge in [0.2, 0.25) is 0 Å². The molecule has 0 fully saturated rings. The molecule has 16 heavy (non-hydrogen) atoms. The van der Waals surface area contributed by atoms with Crippen LogP contribution in [0.25, 0.3) is 0 Å². The Hall–Kier alpha value is -0.790. The van der Waals surface area contributed by atoms with Crippen LogP contribution in [-0.2, 0) is 9.53 Å². The van der Waals surface area contributed by atoms with Crippen LogP contribution < -0.4 is 0 Å². The van der Waals surface area contributed by atoms with Crippen molar-refractivity contribution >= 4 is 5.97 Å². The van der Waals surface area contributed by atoms with E-state index in [1.165, 1.54) is 12.8 Å². The highest BCUT2D eigenvalue weighted by atomic mass is 16.5. The summed E-state index contributed by atoms with van der Waals surface area (Å²) in [5.74, 6) is 0.213. The van der Waals surface area contributed by atoms with E-state index in [9.17, 15) is 4.79 Å². The van der Waals surface area contributed by atoms with E-state index in [-0.39, 0.29) is 11.4 Å². The van der Waals surface area contributed by atoms with E-state index < -0.39 is 0 Å². The van der Waals surface area contributed by atoms with Crippen LogP contribution in [0.15, 0.2) is 12.2 Å². The number of carbonyl (C=O) groups is 1. The van der Waals surface area contributed by atoms with Crippen LogP contribution in [0.5, 0.6) is 0 Å². The third-order valence-corrected chi connectivity index (χ3v) is 2.73. The van der Waals surface area contributed by atoms with Gasteiger partial charge in [0.15, 0.2) is 0 Å². The molecule has 0 aromatic carbocycles. The van der Waals surface area contributed by atoms with Crippen LogP contribution >= 0.6 is 0 Å². The zero-order valence-electron chi connectivity index (χ0n) is 11.4. The lowest BCUT2D eigenvalue weighted by molar-refractivity contribution is -0.137. The molecule has 0 aromatic heterocycles. The Morgan fingerprint density at radius 1 is 1.31 bits per heavy atom. The molecule has 0 aromatic rings. The van der Waals surface area contributed by atoms with Crippen LogP contribution in [0, 0.1) is 11.3 Å². The molecule has 0 saturated carbocycles. The molecule has 94 valence electrons. The Bertz CT molecular complexity index is 223. The minimum atomic E-state index is -0.228. The van der Waals surface area contributed by atoms with Gasteiger partial charge < -0.3 is 4.74 Å². The van der Waals surface area contributed by atoms with E-state index in [1.807, 2.05) is 13.0 Å². The van der Waals surface area contributed by atoms with E-state index in [4.69, 9.17) is 4.74 Å². The van der Waals surface area contributed by atoms with E-state index in [1.54, 1.807) is 6.08 Å². The molecule has 0 aliphatic rings. The van der Waals surface area contributed by atoms with Crippen molar-refractivity contribution in [3.05, 3.63) is 12.2 Å². The van der Waals surface area contributed by atoms with Gasteiger partial charge in [0, 0.05) is 6.08 Å². The van der Waals surface area contributed by atoms with Crippen molar-refractivity contribution in [1.82, 2.24) is 0 Å². The largest absolute Gasteiger partial charge is 0.463 e. The minimum Gasteiger partial charge on any atom is -0.463 e. The molecule has 0 saturated heterocycles. The summed E-state index contributed by atoms with van der Waals surface area (Å²) in [6, 6.07) is 0. The molecule has 0 amide bonds. The summed E-state index contributed by atoms with van der Waals surface area (Å²) in [5.41, 5.74) is 0.207. The van der Waals surface area contributed by atoms with Gasteiger partial charge in [0.25, 0.3) is 0 Å². The molecule has 1 atom stereocenters. The first-order valence-corrected chi connectivity index (χ1v) is 6.26. The highest BCUT2D eigenvalue weighted by Crippen LogP contribution is 2.31. The van der Waals surface area contributed by atoms with Gasteiger partial charge in [-0.05, 0) is 24.7 Å². The second-order valence-corrected chi connectivity index (χ2v) is 5.23. The zero-order valence-corrected chi connectivity index (χ0v) is 11.4. The summed E-state index contributed by atoms with van der Waals surface area (Å²) in [5, 5.41) is 0. The zero-order chi connectivity index (χ0) is 12.6. The van der Waals surface area contributed by atoms with Crippen LogP contribution in [0.2, 0.25) is 0 Å². The van der Waals surface area contributed by atoms with Crippen LogP contribution in [0.4, 0.5) is 0 Å². The Morgan fingerprint density at radius 3 is 2.38 bits per heavy atom. The number of rotatable bonds is 6. The van der Waals surface area contributed by atoms with Crippen LogP contribution in [0.1, 0.15) is 53.9 Å². The number of unbranched alkanes of at least 4 members (excludes halogenated alkanes) is 1. The average molecular weight is 226 g/mol. The highest BCUT2D eigenvalue weighted by Gasteiger charge is 2.21. The summed E-state index contributed by atoms with van der Waals surface area (Å²) in [7, 11) is 0. The van der Waals surface area contributed by atoms with Gasteiger partial charge in [-0.3, -0.25) is 0 Å². The molecule has 1 unspecified atom stereocenters. The van der Waals surface area contributed by atoms with Crippen molar-refractivity contribution in [2.75, 3.05) is 6.61 Å². The SMILES string of the molecule is CCCCC(/C=C/C(=O)OCC)C(C)(C)C. The number of ether oxygens (including phenoxy) is 1. The molecule has 0 heterocycles. The second-order valence-electron chi connectivity index (χ2n) is 5.23. The van der Waals surface area contributed by atoms with Crippen molar-refractivity contribution < 1.29 is 9.53 Å². The lowest BCUT2D eigenvalue weighted by Crippen LogP contribution is -2.18. The summed E-state index contributed by atoms with van der Waals surface area (Å²) >= 11 is 0. The van der Waals surface area contributed by atoms with Gasteiger partial charge in [-0.2, -0.15) is 0 Å². The van der Waals surface area contributed by atoms with Gasteiger partial charge in [-0.1, -0.05) is 46.6 Å². The lowest BCUT2D eigenvalue weighted by atomic mass is 9.77. The monoisotopic (exact) mass is 226 g/mol. The smallest absolute Gasteiger partial charge is 0.330 e. The van der Waals surface area contributed by atoms with Gasteiger partial charge in [-0.25, -0.2) is 4.79 Å². The predicted octanol–water partition coefficient (Wildman–Crippen LogP) is 3.96. The normalized spacial score (nSPS) is 14.1. The van der Waals surface area contributed by atoms with E-state index in [0.29, 0.717) is 12.5 Å². The van der Waals surface area contributed by atoms with Crippen molar-refractivity contribution in [3.8, 4) is 0 Å². The van der Waals surface area contributed by atoms with E-state index in [2.05, 4.69) is 27.7 Å². The molecule has 0 N–H and O–H groups in total. The van der Waals surface area contributed by atoms with Gasteiger partial charge in [-0.15, -0.1) is 0 Å². The van der Waals surface area contributed by atoms with Crippen molar-refractivity contribution in [2.45, 2.75) is 53.9 Å². The van der Waals surface area contributed by atoms with Crippen LogP contribution in [0.3, 0.4) is 0 Å². The van der Waals surface area contributed by atoms with E-state index in [0.717, 1.165) is 6.42 Å². The highest BCUT2D eigenvalue weighted by molar-refractivity contribution is 5.81. The molecule has 0 aliphatic heterocycles. The van der Waals surface area contributed by atoms with Gasteiger partial charge in [0.1, 0.15) is 0 Å².